The molecule has 0 N–H and O–H groups in total. The van der Waals surface area contributed by atoms with Crippen molar-refractivity contribution in [3.05, 3.63) is 151 Å². The summed E-state index contributed by atoms with van der Waals surface area (Å²) < 4.78 is 4.37. The Bertz CT molecular complexity index is 2710. The molecule has 4 heterocycles. The maximum absolute atomic E-state index is 5.27. The first kappa shape index (κ1) is 31.7. The molecule has 254 valence electrons. The molecule has 0 aliphatic heterocycles. The Morgan fingerprint density at radius 3 is 1.52 bits per heavy atom. The predicted molar refractivity (Wildman–Crippen MR) is 211 cm³/mol. The molecule has 0 bridgehead atoms. The van der Waals surface area contributed by atoms with E-state index in [9.17, 15) is 0 Å². The summed E-state index contributed by atoms with van der Waals surface area (Å²) in [4.78, 5) is 25.1. The fourth-order valence-electron chi connectivity index (χ4n) is 7.40. The molecule has 0 saturated carbocycles. The largest absolute Gasteiger partial charge is 0.278 e. The summed E-state index contributed by atoms with van der Waals surface area (Å²) in [6, 6.07) is 42.4. The molecule has 0 radical (unpaired) electrons. The van der Waals surface area contributed by atoms with Crippen LogP contribution in [0.3, 0.4) is 0 Å². The first-order valence-corrected chi connectivity index (χ1v) is 17.8. The van der Waals surface area contributed by atoms with Crippen molar-refractivity contribution in [1.29, 1.82) is 0 Å². The van der Waals surface area contributed by atoms with Gasteiger partial charge in [0, 0.05) is 44.9 Å². The highest BCUT2D eigenvalue weighted by Gasteiger charge is 2.26. The number of aromatic nitrogens is 7. The lowest BCUT2D eigenvalue weighted by Gasteiger charge is -2.25. The van der Waals surface area contributed by atoms with Crippen LogP contribution in [0.4, 0.5) is 0 Å². The second-order valence-electron chi connectivity index (χ2n) is 15.3. The molecule has 0 spiro atoms. The minimum Gasteiger partial charge on any atom is -0.278 e. The molecular formula is C45H39N7. The van der Waals surface area contributed by atoms with Crippen LogP contribution in [0, 0.1) is 0 Å². The molecule has 0 unspecified atom stereocenters. The van der Waals surface area contributed by atoms with Crippen LogP contribution in [0.1, 0.15) is 51.6 Å². The normalized spacial score (nSPS) is 12.4. The van der Waals surface area contributed by atoms with Crippen LogP contribution in [0.15, 0.2) is 134 Å². The number of hydrogen-bond donors (Lipinski definition) is 0. The first-order valence-electron chi connectivity index (χ1n) is 17.8. The summed E-state index contributed by atoms with van der Waals surface area (Å²) >= 11 is 0. The predicted octanol–water partition coefficient (Wildman–Crippen LogP) is 10.3. The fraction of sp³-hybridized carbons (Fsp3) is 0.178. The van der Waals surface area contributed by atoms with E-state index in [1.54, 1.807) is 0 Å². The number of benzene rings is 5. The van der Waals surface area contributed by atoms with E-state index in [4.69, 9.17) is 24.9 Å². The monoisotopic (exact) mass is 677 g/mol. The zero-order valence-electron chi connectivity index (χ0n) is 30.0. The lowest BCUT2D eigenvalue weighted by molar-refractivity contribution is 0.518. The van der Waals surface area contributed by atoms with Crippen molar-refractivity contribution in [3.8, 4) is 23.3 Å². The minimum atomic E-state index is -0.314. The third kappa shape index (κ3) is 5.32. The molecule has 0 atom stereocenters. The topological polar surface area (TPSA) is 74.3 Å². The third-order valence-electron chi connectivity index (χ3n) is 10.1. The van der Waals surface area contributed by atoms with Crippen LogP contribution in [-0.4, -0.2) is 34.1 Å². The molecule has 0 aliphatic carbocycles. The molecule has 0 amide bonds. The maximum atomic E-state index is 5.27. The number of nitrogens with zero attached hydrogens (tertiary/aromatic N) is 7. The molecule has 7 nitrogen and oxygen atoms in total. The lowest BCUT2D eigenvalue weighted by atomic mass is 9.80. The van der Waals surface area contributed by atoms with Gasteiger partial charge in [0.1, 0.15) is 5.82 Å². The average Bonchev–Trinajstić information content (AvgIpc) is 3.67. The van der Waals surface area contributed by atoms with Gasteiger partial charge in [0.25, 0.3) is 0 Å². The Balaban J connectivity index is 1.17. The second-order valence-corrected chi connectivity index (χ2v) is 15.3. The van der Waals surface area contributed by atoms with Crippen molar-refractivity contribution in [2.75, 3.05) is 0 Å². The van der Waals surface area contributed by atoms with Crippen LogP contribution in [0.5, 0.6) is 0 Å². The summed E-state index contributed by atoms with van der Waals surface area (Å²) in [7, 11) is 0. The Hall–Kier alpha value is -6.21. The fourth-order valence-corrected chi connectivity index (χ4v) is 7.40. The van der Waals surface area contributed by atoms with Crippen LogP contribution in [-0.2, 0) is 17.3 Å². The third-order valence-corrected chi connectivity index (χ3v) is 10.1. The molecule has 0 aliphatic rings. The first-order chi connectivity index (χ1) is 25.2. The van der Waals surface area contributed by atoms with Crippen molar-refractivity contribution in [2.45, 2.75) is 51.9 Å². The molecule has 4 aromatic heterocycles. The summed E-state index contributed by atoms with van der Waals surface area (Å²) in [5, 5.41) is 4.66. The van der Waals surface area contributed by atoms with Gasteiger partial charge in [-0.15, -0.1) is 0 Å². The summed E-state index contributed by atoms with van der Waals surface area (Å²) in [5.41, 5.74) is 7.10. The van der Waals surface area contributed by atoms with Gasteiger partial charge in [-0.2, -0.15) is 15.0 Å². The number of fused-ring (bicyclic) bond motifs is 6. The summed E-state index contributed by atoms with van der Waals surface area (Å²) in [6.45, 7) is 11.0. The van der Waals surface area contributed by atoms with Gasteiger partial charge in [-0.25, -0.2) is 9.97 Å². The summed E-state index contributed by atoms with van der Waals surface area (Å²) in [5.74, 6) is 2.69. The molecular weight excluding hydrogens is 639 g/mol. The highest BCUT2D eigenvalue weighted by atomic mass is 15.3. The zero-order chi connectivity index (χ0) is 35.6. The Labute approximate surface area is 302 Å². The van der Waals surface area contributed by atoms with E-state index in [1.165, 1.54) is 16.3 Å². The lowest BCUT2D eigenvalue weighted by Crippen LogP contribution is -2.21. The maximum Gasteiger partial charge on any atom is 0.239 e. The Morgan fingerprint density at radius 2 is 0.981 bits per heavy atom. The minimum absolute atomic E-state index is 0.186. The van der Waals surface area contributed by atoms with E-state index in [2.05, 4.69) is 135 Å². The van der Waals surface area contributed by atoms with Gasteiger partial charge in [0.15, 0.2) is 5.82 Å². The van der Waals surface area contributed by atoms with Gasteiger partial charge in [0.05, 0.1) is 22.1 Å². The van der Waals surface area contributed by atoms with Crippen molar-refractivity contribution in [1.82, 2.24) is 34.1 Å². The van der Waals surface area contributed by atoms with E-state index in [0.29, 0.717) is 11.9 Å². The van der Waals surface area contributed by atoms with Gasteiger partial charge in [-0.1, -0.05) is 126 Å². The van der Waals surface area contributed by atoms with Crippen LogP contribution < -0.4 is 0 Å². The smallest absolute Gasteiger partial charge is 0.239 e. The SMILES string of the molecule is CC(C)(C)c1nc(-n2c3ccccc3c3ccccc32)nc(-n2c3ccccc3c3cc(CC(C)(C)c4cnc(-c5ccccc5)nc4)ccc32)n1. The van der Waals surface area contributed by atoms with E-state index in [-0.39, 0.29) is 10.8 Å². The zero-order valence-corrected chi connectivity index (χ0v) is 30.0. The summed E-state index contributed by atoms with van der Waals surface area (Å²) in [6.07, 6.45) is 4.78. The van der Waals surface area contributed by atoms with Crippen LogP contribution >= 0.6 is 0 Å². The van der Waals surface area contributed by atoms with Gasteiger partial charge >= 0.3 is 0 Å². The van der Waals surface area contributed by atoms with Crippen molar-refractivity contribution < 1.29 is 0 Å². The number of para-hydroxylation sites is 3. The Morgan fingerprint density at radius 1 is 0.500 bits per heavy atom. The molecule has 7 heteroatoms. The molecule has 0 fully saturated rings. The van der Waals surface area contributed by atoms with Crippen LogP contribution in [0.2, 0.25) is 0 Å². The molecule has 5 aromatic carbocycles. The van der Waals surface area contributed by atoms with Crippen molar-refractivity contribution in [3.63, 3.8) is 0 Å². The van der Waals surface area contributed by atoms with Gasteiger partial charge in [-0.05, 0) is 53.3 Å². The molecule has 9 aromatic rings. The highest BCUT2D eigenvalue weighted by molar-refractivity contribution is 6.10. The van der Waals surface area contributed by atoms with Crippen molar-refractivity contribution in [2.24, 2.45) is 0 Å². The molecule has 9 rings (SSSR count). The van der Waals surface area contributed by atoms with Crippen LogP contribution in [0.25, 0.3) is 66.9 Å². The van der Waals surface area contributed by atoms with Gasteiger partial charge in [0.2, 0.25) is 11.9 Å². The van der Waals surface area contributed by atoms with E-state index in [1.807, 2.05) is 42.7 Å². The second kappa shape index (κ2) is 11.9. The standard InChI is InChI=1S/C45H39N7/c1-44(2,3)41-48-42(51-36-20-12-9-17-32(36)33-18-10-13-21-37(33)51)50-43(49-41)52-38-22-14-11-19-34(38)35-25-29(23-24-39(35)52)26-45(4,5)31-27-46-40(47-28-31)30-15-7-6-8-16-30/h6-25,27-28H,26H2,1-5H3. The highest BCUT2D eigenvalue weighted by Crippen LogP contribution is 2.36. The molecule has 0 saturated heterocycles. The van der Waals surface area contributed by atoms with Crippen molar-refractivity contribution >= 4 is 43.6 Å². The van der Waals surface area contributed by atoms with Gasteiger partial charge < -0.3 is 0 Å². The average molecular weight is 678 g/mol. The number of rotatable bonds is 6. The number of hydrogen-bond acceptors (Lipinski definition) is 5. The molecule has 52 heavy (non-hydrogen) atoms. The quantitative estimate of drug-likeness (QED) is 0.175. The van der Waals surface area contributed by atoms with E-state index in [0.717, 1.165) is 62.0 Å². The van der Waals surface area contributed by atoms with E-state index < -0.39 is 0 Å². The Kier molecular flexibility index (Phi) is 7.29. The van der Waals surface area contributed by atoms with Gasteiger partial charge in [-0.3, -0.25) is 9.13 Å². The van der Waals surface area contributed by atoms with E-state index >= 15 is 0 Å².